The number of nitrogens with two attached hydrogens (primary N) is 1. The molecule has 4 heteroatoms. The van der Waals surface area contributed by atoms with Gasteiger partial charge in [-0.05, 0) is 30.5 Å². The molecule has 3 rings (SSSR count). The summed E-state index contributed by atoms with van der Waals surface area (Å²) in [5.74, 6) is 0.689. The van der Waals surface area contributed by atoms with Crippen LogP contribution in [0.15, 0.2) is 36.8 Å². The van der Waals surface area contributed by atoms with E-state index in [9.17, 15) is 0 Å². The summed E-state index contributed by atoms with van der Waals surface area (Å²) in [6.45, 7) is 4.69. The number of hydrogen-bond acceptors (Lipinski definition) is 3. The van der Waals surface area contributed by atoms with Gasteiger partial charge in [0.2, 0.25) is 5.78 Å². The van der Waals surface area contributed by atoms with Crippen LogP contribution in [0.1, 0.15) is 16.8 Å². The van der Waals surface area contributed by atoms with Gasteiger partial charge >= 0.3 is 0 Å². The van der Waals surface area contributed by atoms with Crippen molar-refractivity contribution < 1.29 is 0 Å². The van der Waals surface area contributed by atoms with E-state index in [1.54, 1.807) is 0 Å². The highest BCUT2D eigenvalue weighted by molar-refractivity contribution is 5.67. The van der Waals surface area contributed by atoms with E-state index in [0.29, 0.717) is 12.3 Å². The number of nitrogens with zero attached hydrogens (tertiary/aromatic N) is 3. The van der Waals surface area contributed by atoms with Crippen molar-refractivity contribution in [3.63, 3.8) is 0 Å². The fraction of sp³-hybridized carbons (Fsp3) is 0.200. The summed E-state index contributed by atoms with van der Waals surface area (Å²) >= 11 is 0. The molecule has 96 valence electrons. The third kappa shape index (κ3) is 2.00. The van der Waals surface area contributed by atoms with Crippen LogP contribution in [-0.2, 0) is 6.54 Å². The molecule has 0 saturated heterocycles. The van der Waals surface area contributed by atoms with Crippen molar-refractivity contribution in [2.24, 2.45) is 5.73 Å². The third-order valence-corrected chi connectivity index (χ3v) is 3.48. The molecular formula is C15H16N4. The summed E-state index contributed by atoms with van der Waals surface area (Å²) in [5, 5.41) is 0. The first-order valence-corrected chi connectivity index (χ1v) is 6.29. The van der Waals surface area contributed by atoms with E-state index in [1.165, 1.54) is 16.7 Å². The summed E-state index contributed by atoms with van der Waals surface area (Å²) in [4.78, 5) is 8.73. The van der Waals surface area contributed by atoms with E-state index in [4.69, 9.17) is 5.73 Å². The Morgan fingerprint density at radius 1 is 1.21 bits per heavy atom. The summed E-state index contributed by atoms with van der Waals surface area (Å²) in [6, 6.07) is 6.31. The minimum atomic E-state index is 0.433. The molecular weight excluding hydrogens is 236 g/mol. The van der Waals surface area contributed by atoms with Gasteiger partial charge in [-0.2, -0.15) is 0 Å². The molecule has 0 aliphatic rings. The van der Waals surface area contributed by atoms with Gasteiger partial charge in [0.15, 0.2) is 0 Å². The first kappa shape index (κ1) is 11.9. The Labute approximate surface area is 111 Å². The molecule has 0 saturated carbocycles. The van der Waals surface area contributed by atoms with Gasteiger partial charge in [-0.3, -0.25) is 4.40 Å². The predicted octanol–water partition coefficient (Wildman–Crippen LogP) is 2.47. The van der Waals surface area contributed by atoms with E-state index >= 15 is 0 Å². The average molecular weight is 252 g/mol. The standard InChI is InChI=1S/C15H16N4/c1-10-4-3-5-14(11(10)2)12-7-17-15-18-13(6-16)9-19(15)8-12/h3-5,7-9H,6,16H2,1-2H3. The number of hydrogen-bond donors (Lipinski definition) is 1. The summed E-state index contributed by atoms with van der Waals surface area (Å²) in [5.41, 5.74) is 11.3. The number of fused-ring (bicyclic) bond motifs is 1. The molecule has 0 atom stereocenters. The summed E-state index contributed by atoms with van der Waals surface area (Å²) in [7, 11) is 0. The van der Waals surface area contributed by atoms with Crippen LogP contribution in [0.25, 0.3) is 16.9 Å². The van der Waals surface area contributed by atoms with E-state index in [2.05, 4.69) is 48.2 Å². The lowest BCUT2D eigenvalue weighted by molar-refractivity contribution is 1.01. The Morgan fingerprint density at radius 2 is 2.05 bits per heavy atom. The number of aryl methyl sites for hydroxylation is 1. The number of rotatable bonds is 2. The molecule has 3 aromatic rings. The Bertz CT molecular complexity index is 743. The van der Waals surface area contributed by atoms with Crippen molar-refractivity contribution in [2.45, 2.75) is 20.4 Å². The molecule has 0 radical (unpaired) electrons. The van der Waals surface area contributed by atoms with Crippen LogP contribution in [-0.4, -0.2) is 14.4 Å². The molecule has 4 nitrogen and oxygen atoms in total. The molecule has 0 spiro atoms. The Kier molecular flexibility index (Phi) is 2.80. The maximum atomic E-state index is 5.60. The van der Waals surface area contributed by atoms with E-state index in [-0.39, 0.29) is 0 Å². The van der Waals surface area contributed by atoms with Crippen molar-refractivity contribution >= 4 is 5.78 Å². The van der Waals surface area contributed by atoms with Crippen LogP contribution in [0, 0.1) is 13.8 Å². The second kappa shape index (κ2) is 4.48. The lowest BCUT2D eigenvalue weighted by Gasteiger charge is -2.08. The van der Waals surface area contributed by atoms with E-state index < -0.39 is 0 Å². The third-order valence-electron chi connectivity index (χ3n) is 3.48. The second-order valence-electron chi connectivity index (χ2n) is 4.73. The number of benzene rings is 1. The first-order valence-electron chi connectivity index (χ1n) is 6.29. The molecule has 2 N–H and O–H groups in total. The van der Waals surface area contributed by atoms with Gasteiger partial charge in [0.1, 0.15) is 0 Å². The molecule has 0 amide bonds. The molecule has 2 heterocycles. The zero-order valence-electron chi connectivity index (χ0n) is 11.1. The van der Waals surface area contributed by atoms with Gasteiger partial charge in [-0.25, -0.2) is 9.97 Å². The van der Waals surface area contributed by atoms with Crippen LogP contribution in [0.4, 0.5) is 0 Å². The topological polar surface area (TPSA) is 56.2 Å². The van der Waals surface area contributed by atoms with Gasteiger partial charge in [-0.15, -0.1) is 0 Å². The number of imidazole rings is 1. The molecule has 0 unspecified atom stereocenters. The maximum absolute atomic E-state index is 5.60. The highest BCUT2D eigenvalue weighted by Crippen LogP contribution is 2.24. The molecule has 1 aromatic carbocycles. The van der Waals surface area contributed by atoms with Gasteiger partial charge in [0.25, 0.3) is 0 Å². The van der Waals surface area contributed by atoms with Crippen LogP contribution < -0.4 is 5.73 Å². The van der Waals surface area contributed by atoms with Crippen molar-refractivity contribution in [1.29, 1.82) is 0 Å². The molecule has 0 bridgehead atoms. The second-order valence-corrected chi connectivity index (χ2v) is 4.73. The largest absolute Gasteiger partial charge is 0.325 e. The fourth-order valence-corrected chi connectivity index (χ4v) is 2.24. The smallest absolute Gasteiger partial charge is 0.233 e. The highest BCUT2D eigenvalue weighted by Gasteiger charge is 2.07. The maximum Gasteiger partial charge on any atom is 0.233 e. The molecule has 0 fully saturated rings. The van der Waals surface area contributed by atoms with Crippen molar-refractivity contribution in [3.8, 4) is 11.1 Å². The van der Waals surface area contributed by atoms with Gasteiger partial charge in [-0.1, -0.05) is 18.2 Å². The van der Waals surface area contributed by atoms with Crippen LogP contribution in [0.5, 0.6) is 0 Å². The molecule has 0 aliphatic carbocycles. The average Bonchev–Trinajstić information content (AvgIpc) is 2.84. The number of aromatic nitrogens is 3. The normalized spacial score (nSPS) is 11.1. The van der Waals surface area contributed by atoms with Crippen LogP contribution >= 0.6 is 0 Å². The van der Waals surface area contributed by atoms with E-state index in [0.717, 1.165) is 11.3 Å². The van der Waals surface area contributed by atoms with Crippen molar-refractivity contribution in [1.82, 2.24) is 14.4 Å². The summed E-state index contributed by atoms with van der Waals surface area (Å²) in [6.07, 6.45) is 5.84. The highest BCUT2D eigenvalue weighted by atomic mass is 15.1. The summed E-state index contributed by atoms with van der Waals surface area (Å²) < 4.78 is 1.93. The molecule has 0 aliphatic heterocycles. The zero-order valence-corrected chi connectivity index (χ0v) is 11.1. The Balaban J connectivity index is 2.17. The zero-order chi connectivity index (χ0) is 13.4. The van der Waals surface area contributed by atoms with Crippen molar-refractivity contribution in [2.75, 3.05) is 0 Å². The quantitative estimate of drug-likeness (QED) is 0.762. The van der Waals surface area contributed by atoms with Gasteiger partial charge < -0.3 is 5.73 Å². The minimum absolute atomic E-state index is 0.433. The van der Waals surface area contributed by atoms with Crippen molar-refractivity contribution in [3.05, 3.63) is 53.6 Å². The lowest BCUT2D eigenvalue weighted by Crippen LogP contribution is -1.95. The Hall–Kier alpha value is -2.20. The SMILES string of the molecule is Cc1cccc(-c2cnc3nc(CN)cn3c2)c1C. The lowest BCUT2D eigenvalue weighted by atomic mass is 9.99. The minimum Gasteiger partial charge on any atom is -0.325 e. The van der Waals surface area contributed by atoms with Gasteiger partial charge in [0.05, 0.1) is 5.69 Å². The van der Waals surface area contributed by atoms with Crippen LogP contribution in [0.3, 0.4) is 0 Å². The first-order chi connectivity index (χ1) is 9.19. The molecule has 19 heavy (non-hydrogen) atoms. The predicted molar refractivity (Wildman–Crippen MR) is 75.8 cm³/mol. The van der Waals surface area contributed by atoms with Crippen LogP contribution in [0.2, 0.25) is 0 Å². The molecule has 2 aromatic heterocycles. The van der Waals surface area contributed by atoms with E-state index in [1.807, 2.05) is 16.8 Å². The fourth-order valence-electron chi connectivity index (χ4n) is 2.24. The Morgan fingerprint density at radius 3 is 2.84 bits per heavy atom. The monoisotopic (exact) mass is 252 g/mol. The van der Waals surface area contributed by atoms with Gasteiger partial charge in [0, 0.05) is 30.7 Å².